The van der Waals surface area contributed by atoms with Crippen molar-refractivity contribution in [1.82, 2.24) is 10.4 Å². The van der Waals surface area contributed by atoms with Crippen LogP contribution < -0.4 is 16.2 Å². The monoisotopic (exact) mass is 416 g/mol. The fraction of sp³-hybridized carbons (Fsp3) is 0.150. The molecule has 3 aromatic rings. The maximum atomic E-state index is 12.8. The molecule has 2 aromatic carbocycles. The summed E-state index contributed by atoms with van der Waals surface area (Å²) in [7, 11) is 0. The van der Waals surface area contributed by atoms with E-state index >= 15 is 0 Å². The number of carbonyl (C=O) groups excluding carboxylic acids is 2. The molecule has 0 atom stereocenters. The molecule has 1 aromatic heterocycles. The molecule has 28 heavy (non-hydrogen) atoms. The Morgan fingerprint density at radius 3 is 2.32 bits per heavy atom. The first-order valence-electron chi connectivity index (χ1n) is 8.46. The molecule has 6 nitrogen and oxygen atoms in total. The van der Waals surface area contributed by atoms with E-state index in [1.165, 1.54) is 6.92 Å². The fourth-order valence-electron chi connectivity index (χ4n) is 2.88. The number of aryl methyl sites for hydroxylation is 2. The van der Waals surface area contributed by atoms with E-state index in [1.807, 2.05) is 19.9 Å². The lowest BCUT2D eigenvalue weighted by Crippen LogP contribution is -2.27. The fourth-order valence-corrected chi connectivity index (χ4v) is 3.45. The van der Waals surface area contributed by atoms with E-state index in [9.17, 15) is 9.59 Å². The standard InChI is InChI=1S/C20H18Cl2N4O2/c1-10-7-8-15(24-20(28)17-13(21)5-4-6-14(17)22)19-16(10)18(11(2)9-23-19)26-25-12(3)27/h4-9H,1-3H3,(H,23,26)(H,24,28)(H,25,27). The van der Waals surface area contributed by atoms with Gasteiger partial charge in [-0.15, -0.1) is 0 Å². The van der Waals surface area contributed by atoms with Crippen LogP contribution in [0.15, 0.2) is 36.5 Å². The summed E-state index contributed by atoms with van der Waals surface area (Å²) in [6.45, 7) is 5.22. The second-order valence-corrected chi connectivity index (χ2v) is 7.14. The molecular weight excluding hydrogens is 399 g/mol. The Kier molecular flexibility index (Phi) is 5.72. The number of hydrogen-bond acceptors (Lipinski definition) is 4. The average molecular weight is 417 g/mol. The summed E-state index contributed by atoms with van der Waals surface area (Å²) in [5.41, 5.74) is 9.30. The van der Waals surface area contributed by atoms with Gasteiger partial charge >= 0.3 is 0 Å². The molecule has 0 saturated carbocycles. The van der Waals surface area contributed by atoms with Gasteiger partial charge in [0.25, 0.3) is 5.91 Å². The van der Waals surface area contributed by atoms with Gasteiger partial charge in [0.15, 0.2) is 0 Å². The number of hydrazine groups is 1. The molecule has 0 aliphatic heterocycles. The van der Waals surface area contributed by atoms with E-state index in [-0.39, 0.29) is 21.5 Å². The number of rotatable bonds is 4. The first kappa shape index (κ1) is 19.9. The molecule has 144 valence electrons. The number of anilines is 2. The van der Waals surface area contributed by atoms with Crippen molar-refractivity contribution in [3.05, 3.63) is 63.3 Å². The number of fused-ring (bicyclic) bond motifs is 1. The number of carbonyl (C=O) groups is 2. The van der Waals surface area contributed by atoms with E-state index in [0.29, 0.717) is 16.9 Å². The second-order valence-electron chi connectivity index (χ2n) is 6.33. The molecule has 0 saturated heterocycles. The van der Waals surface area contributed by atoms with Crippen molar-refractivity contribution in [1.29, 1.82) is 0 Å². The third kappa shape index (κ3) is 3.88. The van der Waals surface area contributed by atoms with Gasteiger partial charge in [0.1, 0.15) is 0 Å². The highest BCUT2D eigenvalue weighted by atomic mass is 35.5. The lowest BCUT2D eigenvalue weighted by molar-refractivity contribution is -0.118. The minimum absolute atomic E-state index is 0.197. The number of halogens is 2. The van der Waals surface area contributed by atoms with Gasteiger partial charge in [-0.25, -0.2) is 0 Å². The Balaban J connectivity index is 2.08. The number of pyridine rings is 1. The van der Waals surface area contributed by atoms with Gasteiger partial charge in [-0.3, -0.25) is 25.4 Å². The quantitative estimate of drug-likeness (QED) is 0.529. The highest BCUT2D eigenvalue weighted by Gasteiger charge is 2.18. The van der Waals surface area contributed by atoms with Crippen molar-refractivity contribution in [2.24, 2.45) is 0 Å². The summed E-state index contributed by atoms with van der Waals surface area (Å²) in [6.07, 6.45) is 1.67. The predicted octanol–water partition coefficient (Wildman–Crippen LogP) is 4.87. The Morgan fingerprint density at radius 1 is 1.00 bits per heavy atom. The van der Waals surface area contributed by atoms with Gasteiger partial charge in [0.05, 0.1) is 32.5 Å². The minimum atomic E-state index is -0.431. The summed E-state index contributed by atoms with van der Waals surface area (Å²) >= 11 is 12.3. The maximum absolute atomic E-state index is 12.8. The Labute approximate surface area is 172 Å². The minimum Gasteiger partial charge on any atom is -0.320 e. The predicted molar refractivity (Wildman–Crippen MR) is 113 cm³/mol. The topological polar surface area (TPSA) is 83.1 Å². The van der Waals surface area contributed by atoms with E-state index in [4.69, 9.17) is 23.2 Å². The molecule has 0 aliphatic carbocycles. The molecule has 3 N–H and O–H groups in total. The smallest absolute Gasteiger partial charge is 0.258 e. The van der Waals surface area contributed by atoms with Crippen molar-refractivity contribution in [3.8, 4) is 0 Å². The molecule has 0 aliphatic rings. The van der Waals surface area contributed by atoms with Gasteiger partial charge in [0.2, 0.25) is 5.91 Å². The van der Waals surface area contributed by atoms with Crippen molar-refractivity contribution in [2.45, 2.75) is 20.8 Å². The van der Waals surface area contributed by atoms with Gasteiger partial charge < -0.3 is 5.32 Å². The first-order chi connectivity index (χ1) is 13.3. The number of nitrogens with zero attached hydrogens (tertiary/aromatic N) is 1. The summed E-state index contributed by atoms with van der Waals surface area (Å²) in [4.78, 5) is 28.6. The molecule has 8 heteroatoms. The molecular formula is C20H18Cl2N4O2. The number of benzene rings is 2. The highest BCUT2D eigenvalue weighted by Crippen LogP contribution is 2.33. The van der Waals surface area contributed by atoms with Crippen LogP contribution in [0.5, 0.6) is 0 Å². The number of aromatic nitrogens is 1. The van der Waals surface area contributed by atoms with Crippen LogP contribution in [0.1, 0.15) is 28.4 Å². The zero-order valence-corrected chi connectivity index (χ0v) is 17.0. The van der Waals surface area contributed by atoms with E-state index in [2.05, 4.69) is 21.2 Å². The molecule has 0 fully saturated rings. The van der Waals surface area contributed by atoms with Gasteiger partial charge in [0, 0.05) is 18.5 Å². The van der Waals surface area contributed by atoms with Crippen LogP contribution in [0.3, 0.4) is 0 Å². The summed E-state index contributed by atoms with van der Waals surface area (Å²) < 4.78 is 0. The largest absolute Gasteiger partial charge is 0.320 e. The molecule has 0 bridgehead atoms. The molecule has 3 rings (SSSR count). The molecule has 0 radical (unpaired) electrons. The van der Waals surface area contributed by atoms with Crippen LogP contribution in [-0.2, 0) is 4.79 Å². The van der Waals surface area contributed by atoms with Crippen LogP contribution in [0.25, 0.3) is 10.9 Å². The highest BCUT2D eigenvalue weighted by molar-refractivity contribution is 6.40. The van der Waals surface area contributed by atoms with Crippen molar-refractivity contribution in [2.75, 3.05) is 10.7 Å². The third-order valence-corrected chi connectivity index (χ3v) is 4.85. The zero-order valence-electron chi connectivity index (χ0n) is 15.5. The van der Waals surface area contributed by atoms with E-state index in [1.54, 1.807) is 30.5 Å². The number of nitrogens with one attached hydrogen (secondary N) is 3. The van der Waals surface area contributed by atoms with Gasteiger partial charge in [-0.05, 0) is 43.2 Å². The van der Waals surface area contributed by atoms with Crippen LogP contribution in [0, 0.1) is 13.8 Å². The maximum Gasteiger partial charge on any atom is 0.258 e. The Bertz CT molecular complexity index is 1080. The van der Waals surface area contributed by atoms with Gasteiger partial charge in [-0.1, -0.05) is 35.3 Å². The van der Waals surface area contributed by atoms with E-state index in [0.717, 1.165) is 16.5 Å². The van der Waals surface area contributed by atoms with Crippen LogP contribution in [0.4, 0.5) is 11.4 Å². The SMILES string of the molecule is CC(=O)NNc1c(C)cnc2c(NC(=O)c3c(Cl)cccc3Cl)ccc(C)c12. The molecule has 1 heterocycles. The zero-order chi connectivity index (χ0) is 20.4. The Morgan fingerprint density at radius 2 is 1.68 bits per heavy atom. The number of amides is 2. The van der Waals surface area contributed by atoms with Crippen LogP contribution in [0.2, 0.25) is 10.0 Å². The third-order valence-electron chi connectivity index (χ3n) is 4.22. The van der Waals surface area contributed by atoms with Crippen molar-refractivity contribution in [3.63, 3.8) is 0 Å². The van der Waals surface area contributed by atoms with Crippen molar-refractivity contribution >= 4 is 57.3 Å². The van der Waals surface area contributed by atoms with Crippen LogP contribution >= 0.6 is 23.2 Å². The molecule has 2 amide bonds. The van der Waals surface area contributed by atoms with Gasteiger partial charge in [-0.2, -0.15) is 0 Å². The normalized spacial score (nSPS) is 10.6. The second kappa shape index (κ2) is 8.04. The number of hydrogen-bond donors (Lipinski definition) is 3. The van der Waals surface area contributed by atoms with Crippen LogP contribution in [-0.4, -0.2) is 16.8 Å². The lowest BCUT2D eigenvalue weighted by atomic mass is 10.0. The summed E-state index contributed by atoms with van der Waals surface area (Å²) in [6, 6.07) is 8.52. The lowest BCUT2D eigenvalue weighted by Gasteiger charge is -2.17. The molecule has 0 unspecified atom stereocenters. The summed E-state index contributed by atoms with van der Waals surface area (Å²) in [5, 5.41) is 4.15. The average Bonchev–Trinajstić information content (AvgIpc) is 2.62. The Hall–Kier alpha value is -2.83. The summed E-state index contributed by atoms with van der Waals surface area (Å²) in [5.74, 6) is -0.653. The van der Waals surface area contributed by atoms with E-state index < -0.39 is 5.91 Å². The van der Waals surface area contributed by atoms with Crippen molar-refractivity contribution < 1.29 is 9.59 Å². The first-order valence-corrected chi connectivity index (χ1v) is 9.22. The molecule has 0 spiro atoms.